The Bertz CT molecular complexity index is 328. The van der Waals surface area contributed by atoms with Crippen molar-refractivity contribution in [3.8, 4) is 0 Å². The van der Waals surface area contributed by atoms with Crippen LogP contribution in [0.4, 0.5) is 8.78 Å². The molecular weight excluding hydrogens is 301 g/mol. The summed E-state index contributed by atoms with van der Waals surface area (Å²) in [6.07, 6.45) is -0.690. The Balaban J connectivity index is 3.11. The molecule has 0 aliphatic carbocycles. The highest BCUT2D eigenvalue weighted by Gasteiger charge is 2.18. The van der Waals surface area contributed by atoms with Gasteiger partial charge in [-0.2, -0.15) is 0 Å². The highest BCUT2D eigenvalue weighted by Crippen LogP contribution is 2.25. The third-order valence-electron chi connectivity index (χ3n) is 2.04. The van der Waals surface area contributed by atoms with E-state index >= 15 is 0 Å². The standard InChI is InChI=1S/C10H11F2IO/c1-6-2-3-7(11)9(10(6)12)8(14)4-5-13/h2-3,8,14H,4-5H2,1H3. The van der Waals surface area contributed by atoms with Gasteiger partial charge in [-0.25, -0.2) is 8.78 Å². The van der Waals surface area contributed by atoms with Crippen LogP contribution in [0.25, 0.3) is 0 Å². The van der Waals surface area contributed by atoms with Crippen molar-refractivity contribution in [2.75, 3.05) is 4.43 Å². The van der Waals surface area contributed by atoms with Crippen molar-refractivity contribution in [3.63, 3.8) is 0 Å². The number of benzene rings is 1. The van der Waals surface area contributed by atoms with Crippen LogP contribution < -0.4 is 0 Å². The maximum atomic E-state index is 13.4. The van der Waals surface area contributed by atoms with E-state index in [9.17, 15) is 13.9 Å². The predicted octanol–water partition coefficient (Wildman–Crippen LogP) is 3.13. The first kappa shape index (κ1) is 11.8. The number of halogens is 3. The molecule has 1 rings (SSSR count). The lowest BCUT2D eigenvalue weighted by Gasteiger charge is -2.12. The molecule has 0 aromatic heterocycles. The number of rotatable bonds is 3. The van der Waals surface area contributed by atoms with Gasteiger partial charge in [0.15, 0.2) is 0 Å². The Labute approximate surface area is 95.3 Å². The molecule has 0 radical (unpaired) electrons. The summed E-state index contributed by atoms with van der Waals surface area (Å²) in [7, 11) is 0. The van der Waals surface area contributed by atoms with Crippen molar-refractivity contribution >= 4 is 22.6 Å². The maximum absolute atomic E-state index is 13.4. The molecule has 4 heteroatoms. The molecule has 0 saturated heterocycles. The number of aryl methyl sites for hydroxylation is 1. The normalized spacial score (nSPS) is 12.9. The smallest absolute Gasteiger partial charge is 0.134 e. The van der Waals surface area contributed by atoms with Crippen molar-refractivity contribution in [2.24, 2.45) is 0 Å². The summed E-state index contributed by atoms with van der Waals surface area (Å²) >= 11 is 2.06. The lowest BCUT2D eigenvalue weighted by Crippen LogP contribution is -2.06. The Morgan fingerprint density at radius 3 is 2.64 bits per heavy atom. The summed E-state index contributed by atoms with van der Waals surface area (Å²) in [5.74, 6) is -1.31. The van der Waals surface area contributed by atoms with Crippen molar-refractivity contribution in [1.82, 2.24) is 0 Å². The predicted molar refractivity (Wildman–Crippen MR) is 59.6 cm³/mol. The monoisotopic (exact) mass is 312 g/mol. The summed E-state index contributed by atoms with van der Waals surface area (Å²) in [5, 5.41) is 9.52. The van der Waals surface area contributed by atoms with Crippen LogP contribution in [-0.4, -0.2) is 9.53 Å². The lowest BCUT2D eigenvalue weighted by atomic mass is 10.0. The van der Waals surface area contributed by atoms with E-state index in [0.29, 0.717) is 16.4 Å². The fourth-order valence-electron chi connectivity index (χ4n) is 1.23. The molecule has 0 aliphatic heterocycles. The van der Waals surface area contributed by atoms with Crippen LogP contribution in [0.15, 0.2) is 12.1 Å². The highest BCUT2D eigenvalue weighted by atomic mass is 127. The van der Waals surface area contributed by atoms with Crippen LogP contribution in [0, 0.1) is 18.6 Å². The molecule has 1 aromatic rings. The van der Waals surface area contributed by atoms with Crippen molar-refractivity contribution in [3.05, 3.63) is 34.9 Å². The Kier molecular flexibility index (Phi) is 4.25. The molecule has 1 N–H and O–H groups in total. The number of hydrogen-bond acceptors (Lipinski definition) is 1. The quantitative estimate of drug-likeness (QED) is 0.671. The van der Waals surface area contributed by atoms with E-state index < -0.39 is 17.7 Å². The zero-order chi connectivity index (χ0) is 10.7. The van der Waals surface area contributed by atoms with Gasteiger partial charge >= 0.3 is 0 Å². The van der Waals surface area contributed by atoms with E-state index in [0.717, 1.165) is 0 Å². The Morgan fingerprint density at radius 1 is 1.43 bits per heavy atom. The summed E-state index contributed by atoms with van der Waals surface area (Å²) in [6, 6.07) is 2.55. The first-order valence-corrected chi connectivity index (χ1v) is 5.79. The largest absolute Gasteiger partial charge is 0.388 e. The minimum Gasteiger partial charge on any atom is -0.388 e. The van der Waals surface area contributed by atoms with Crippen LogP contribution in [0.3, 0.4) is 0 Å². The average Bonchev–Trinajstić information content (AvgIpc) is 2.13. The minimum absolute atomic E-state index is 0.207. The average molecular weight is 312 g/mol. The van der Waals surface area contributed by atoms with Gasteiger partial charge in [0.05, 0.1) is 11.7 Å². The fourth-order valence-corrected chi connectivity index (χ4v) is 1.82. The molecule has 0 amide bonds. The topological polar surface area (TPSA) is 20.2 Å². The zero-order valence-corrected chi connectivity index (χ0v) is 9.88. The van der Waals surface area contributed by atoms with Gasteiger partial charge < -0.3 is 5.11 Å². The molecule has 1 nitrogen and oxygen atoms in total. The lowest BCUT2D eigenvalue weighted by molar-refractivity contribution is 0.165. The highest BCUT2D eigenvalue weighted by molar-refractivity contribution is 14.1. The third-order valence-corrected chi connectivity index (χ3v) is 2.66. The second kappa shape index (κ2) is 5.02. The second-order valence-electron chi connectivity index (χ2n) is 3.09. The summed E-state index contributed by atoms with van der Waals surface area (Å²) < 4.78 is 27.3. The SMILES string of the molecule is Cc1ccc(F)c(C(O)CCI)c1F. The van der Waals surface area contributed by atoms with Gasteiger partial charge in [0, 0.05) is 4.43 Å². The summed E-state index contributed by atoms with van der Waals surface area (Å²) in [4.78, 5) is 0. The van der Waals surface area contributed by atoms with Crippen LogP contribution in [0.2, 0.25) is 0 Å². The maximum Gasteiger partial charge on any atom is 0.134 e. The molecule has 78 valence electrons. The van der Waals surface area contributed by atoms with Gasteiger partial charge in [-0.05, 0) is 25.0 Å². The first-order chi connectivity index (χ1) is 6.57. The number of hydrogen-bond donors (Lipinski definition) is 1. The molecule has 0 heterocycles. The van der Waals surface area contributed by atoms with Crippen molar-refractivity contribution in [1.29, 1.82) is 0 Å². The van der Waals surface area contributed by atoms with E-state index in [2.05, 4.69) is 22.6 Å². The number of aliphatic hydroxyl groups is 1. The van der Waals surface area contributed by atoms with Gasteiger partial charge in [0.2, 0.25) is 0 Å². The Morgan fingerprint density at radius 2 is 2.07 bits per heavy atom. The molecule has 0 aliphatic rings. The molecule has 14 heavy (non-hydrogen) atoms. The third kappa shape index (κ3) is 2.42. The van der Waals surface area contributed by atoms with E-state index in [4.69, 9.17) is 0 Å². The molecule has 0 bridgehead atoms. The van der Waals surface area contributed by atoms with Crippen LogP contribution in [0.5, 0.6) is 0 Å². The van der Waals surface area contributed by atoms with E-state index in [1.807, 2.05) is 0 Å². The molecule has 0 fully saturated rings. The van der Waals surface area contributed by atoms with Gasteiger partial charge in [-0.3, -0.25) is 0 Å². The molecule has 0 spiro atoms. The molecule has 0 saturated carbocycles. The van der Waals surface area contributed by atoms with E-state index in [1.54, 1.807) is 6.92 Å². The number of aliphatic hydroxyl groups excluding tert-OH is 1. The van der Waals surface area contributed by atoms with Gasteiger partial charge in [0.1, 0.15) is 11.6 Å². The zero-order valence-electron chi connectivity index (χ0n) is 7.73. The fraction of sp³-hybridized carbons (Fsp3) is 0.400. The van der Waals surface area contributed by atoms with Gasteiger partial charge in [0.25, 0.3) is 0 Å². The van der Waals surface area contributed by atoms with Crippen LogP contribution in [0.1, 0.15) is 23.7 Å². The number of alkyl halides is 1. The molecule has 1 aromatic carbocycles. The van der Waals surface area contributed by atoms with Crippen molar-refractivity contribution in [2.45, 2.75) is 19.4 Å². The first-order valence-electron chi connectivity index (χ1n) is 4.26. The second-order valence-corrected chi connectivity index (χ2v) is 4.16. The Hall–Kier alpha value is -0.230. The van der Waals surface area contributed by atoms with Gasteiger partial charge in [-0.1, -0.05) is 28.7 Å². The van der Waals surface area contributed by atoms with E-state index in [-0.39, 0.29) is 5.56 Å². The molecule has 1 atom stereocenters. The van der Waals surface area contributed by atoms with E-state index in [1.165, 1.54) is 12.1 Å². The summed E-state index contributed by atoms with van der Waals surface area (Å²) in [6.45, 7) is 1.55. The summed E-state index contributed by atoms with van der Waals surface area (Å²) in [5.41, 5.74) is 0.149. The van der Waals surface area contributed by atoms with Crippen molar-refractivity contribution < 1.29 is 13.9 Å². The minimum atomic E-state index is -1.05. The molecular formula is C10H11F2IO. The van der Waals surface area contributed by atoms with Crippen LogP contribution >= 0.6 is 22.6 Å². The van der Waals surface area contributed by atoms with Crippen LogP contribution in [-0.2, 0) is 0 Å². The molecule has 1 unspecified atom stereocenters. The van der Waals surface area contributed by atoms with Gasteiger partial charge in [-0.15, -0.1) is 0 Å².